The quantitative estimate of drug-likeness (QED) is 0.551. The zero-order valence-electron chi connectivity index (χ0n) is 14.4. The van der Waals surface area contributed by atoms with Gasteiger partial charge >= 0.3 is 5.97 Å². The van der Waals surface area contributed by atoms with Crippen LogP contribution in [0.3, 0.4) is 0 Å². The van der Waals surface area contributed by atoms with Crippen LogP contribution in [0.15, 0.2) is 35.4 Å². The van der Waals surface area contributed by atoms with Gasteiger partial charge in [-0.15, -0.1) is 11.3 Å². The lowest BCUT2D eigenvalue weighted by Crippen LogP contribution is -2.18. The molecule has 2 nitrogen and oxygen atoms in total. The summed E-state index contributed by atoms with van der Waals surface area (Å²) >= 11 is 1.37. The smallest absolute Gasteiger partial charge is 0.348 e. The molecule has 0 aliphatic heterocycles. The van der Waals surface area contributed by atoms with Crippen molar-refractivity contribution in [1.29, 1.82) is 0 Å². The van der Waals surface area contributed by atoms with Crippen molar-refractivity contribution in [2.24, 2.45) is 5.41 Å². The van der Waals surface area contributed by atoms with E-state index in [1.165, 1.54) is 41.7 Å². The van der Waals surface area contributed by atoms with Gasteiger partial charge in [-0.25, -0.2) is 4.79 Å². The van der Waals surface area contributed by atoms with E-state index in [0.29, 0.717) is 11.5 Å². The number of rotatable bonds is 3. The largest absolute Gasteiger partial charge is 0.462 e. The van der Waals surface area contributed by atoms with Crippen LogP contribution >= 0.6 is 11.3 Å². The highest BCUT2D eigenvalue weighted by Gasteiger charge is 2.26. The van der Waals surface area contributed by atoms with Crippen LogP contribution in [0.1, 0.15) is 61.5 Å². The van der Waals surface area contributed by atoms with Gasteiger partial charge in [0.1, 0.15) is 4.88 Å². The van der Waals surface area contributed by atoms with Crippen molar-refractivity contribution in [3.63, 3.8) is 0 Å². The first-order valence-electron chi connectivity index (χ1n) is 8.09. The summed E-state index contributed by atoms with van der Waals surface area (Å²) in [7, 11) is 0. The minimum Gasteiger partial charge on any atom is -0.462 e. The summed E-state index contributed by atoms with van der Waals surface area (Å²) in [5, 5.41) is 0. The number of hydrogen-bond donors (Lipinski definition) is 0. The number of ether oxygens (including phenoxy) is 1. The number of esters is 1. The predicted molar refractivity (Wildman–Crippen MR) is 96.6 cm³/mol. The van der Waals surface area contributed by atoms with Crippen molar-refractivity contribution in [3.05, 3.63) is 45.2 Å². The molecule has 0 aromatic carbocycles. The van der Waals surface area contributed by atoms with E-state index in [-0.39, 0.29) is 11.4 Å². The lowest BCUT2D eigenvalue weighted by atomic mass is 9.73. The molecule has 0 amide bonds. The van der Waals surface area contributed by atoms with E-state index >= 15 is 0 Å². The first-order chi connectivity index (χ1) is 10.9. The van der Waals surface area contributed by atoms with Crippen molar-refractivity contribution in [1.82, 2.24) is 0 Å². The van der Waals surface area contributed by atoms with Crippen molar-refractivity contribution in [2.45, 2.75) is 47.0 Å². The van der Waals surface area contributed by atoms with E-state index in [1.54, 1.807) is 13.0 Å². The molecule has 0 atom stereocenters. The van der Waals surface area contributed by atoms with Gasteiger partial charge in [0.05, 0.1) is 11.5 Å². The van der Waals surface area contributed by atoms with E-state index in [2.05, 4.69) is 38.7 Å². The van der Waals surface area contributed by atoms with E-state index in [4.69, 9.17) is 4.74 Å². The lowest BCUT2D eigenvalue weighted by Gasteiger charge is -2.32. The average molecular weight is 328 g/mol. The third kappa shape index (κ3) is 4.59. The van der Waals surface area contributed by atoms with Crippen LogP contribution in [-0.2, 0) is 4.74 Å². The molecule has 0 unspecified atom stereocenters. The standard InChI is InChI=1S/C20H24O2S/c1-5-22-19(21)18-13-12-16(23-18)10-6-7-11-17-15(2)9-8-14-20(17,3)4/h7,11-13H,5,8-9,14H2,1-4H3/b11-7+. The molecule has 1 aromatic rings. The summed E-state index contributed by atoms with van der Waals surface area (Å²) in [5.41, 5.74) is 3.12. The highest BCUT2D eigenvalue weighted by molar-refractivity contribution is 7.14. The molecule has 3 heteroatoms. The van der Waals surface area contributed by atoms with Crippen molar-refractivity contribution in [3.8, 4) is 11.8 Å². The Balaban J connectivity index is 2.07. The minimum absolute atomic E-state index is 0.237. The number of hydrogen-bond acceptors (Lipinski definition) is 3. The van der Waals surface area contributed by atoms with E-state index in [9.17, 15) is 4.79 Å². The molecule has 2 rings (SSSR count). The molecule has 1 aliphatic rings. The highest BCUT2D eigenvalue weighted by Crippen LogP contribution is 2.40. The lowest BCUT2D eigenvalue weighted by molar-refractivity contribution is 0.0532. The molecule has 1 heterocycles. The van der Waals surface area contributed by atoms with E-state index < -0.39 is 0 Å². The van der Waals surface area contributed by atoms with Crippen LogP contribution in [0.25, 0.3) is 0 Å². The third-order valence-corrected chi connectivity index (χ3v) is 5.13. The van der Waals surface area contributed by atoms with Crippen molar-refractivity contribution < 1.29 is 9.53 Å². The van der Waals surface area contributed by atoms with Crippen molar-refractivity contribution >= 4 is 17.3 Å². The Morgan fingerprint density at radius 1 is 1.43 bits per heavy atom. The first kappa shape index (κ1) is 17.6. The molecule has 0 fully saturated rings. The second-order valence-electron chi connectivity index (χ2n) is 6.42. The first-order valence-corrected chi connectivity index (χ1v) is 8.91. The summed E-state index contributed by atoms with van der Waals surface area (Å²) in [4.78, 5) is 13.1. The molecular formula is C20H24O2S. The van der Waals surface area contributed by atoms with Gasteiger partial charge in [-0.2, -0.15) is 0 Å². The predicted octanol–water partition coefficient (Wildman–Crippen LogP) is 5.36. The number of thiophene rings is 1. The van der Waals surface area contributed by atoms with Gasteiger partial charge in [-0.05, 0) is 62.3 Å². The van der Waals surface area contributed by atoms with Crippen LogP contribution in [-0.4, -0.2) is 12.6 Å². The van der Waals surface area contributed by atoms with Crippen LogP contribution in [0.2, 0.25) is 0 Å². The van der Waals surface area contributed by atoms with Gasteiger partial charge < -0.3 is 4.74 Å². The zero-order valence-corrected chi connectivity index (χ0v) is 15.2. The maximum Gasteiger partial charge on any atom is 0.348 e. The zero-order chi connectivity index (χ0) is 16.9. The fourth-order valence-corrected chi connectivity index (χ4v) is 3.73. The molecule has 1 aliphatic carbocycles. The molecule has 0 spiro atoms. The molecule has 0 saturated heterocycles. The van der Waals surface area contributed by atoms with Gasteiger partial charge in [-0.1, -0.05) is 37.3 Å². The van der Waals surface area contributed by atoms with Crippen LogP contribution in [0.4, 0.5) is 0 Å². The summed E-state index contributed by atoms with van der Waals surface area (Å²) in [6.07, 6.45) is 7.76. The molecule has 0 saturated carbocycles. The fraction of sp³-hybridized carbons (Fsp3) is 0.450. The van der Waals surface area contributed by atoms with Crippen molar-refractivity contribution in [2.75, 3.05) is 6.61 Å². The molecule has 23 heavy (non-hydrogen) atoms. The van der Waals surface area contributed by atoms with Crippen LogP contribution in [0.5, 0.6) is 0 Å². The van der Waals surface area contributed by atoms with Gasteiger partial charge in [0.2, 0.25) is 0 Å². The maximum atomic E-state index is 11.6. The van der Waals surface area contributed by atoms with E-state index in [1.807, 2.05) is 12.1 Å². The Morgan fingerprint density at radius 3 is 2.91 bits per heavy atom. The monoisotopic (exact) mass is 328 g/mol. The minimum atomic E-state index is -0.272. The number of allylic oxidation sites excluding steroid dienone is 4. The highest BCUT2D eigenvalue weighted by atomic mass is 32.1. The number of carbonyl (C=O) groups excluding carboxylic acids is 1. The fourth-order valence-electron chi connectivity index (χ4n) is 2.97. The molecule has 1 aromatic heterocycles. The summed E-state index contributed by atoms with van der Waals surface area (Å²) < 4.78 is 4.98. The van der Waals surface area contributed by atoms with Gasteiger partial charge in [0, 0.05) is 0 Å². The summed E-state index contributed by atoms with van der Waals surface area (Å²) in [6.45, 7) is 9.02. The maximum absolute atomic E-state index is 11.6. The Labute approximate surface area is 143 Å². The molecule has 0 radical (unpaired) electrons. The van der Waals surface area contributed by atoms with Crippen LogP contribution < -0.4 is 0 Å². The molecule has 0 bridgehead atoms. The normalized spacial score (nSPS) is 17.0. The Hall–Kier alpha value is -1.79. The third-order valence-electron chi connectivity index (χ3n) is 4.15. The Morgan fingerprint density at radius 2 is 2.22 bits per heavy atom. The van der Waals surface area contributed by atoms with Gasteiger partial charge in [0.15, 0.2) is 0 Å². The Bertz CT molecular complexity index is 693. The van der Waals surface area contributed by atoms with Gasteiger partial charge in [-0.3, -0.25) is 0 Å². The summed E-state index contributed by atoms with van der Waals surface area (Å²) in [6, 6.07) is 3.64. The van der Waals surface area contributed by atoms with Gasteiger partial charge in [0.25, 0.3) is 0 Å². The second-order valence-corrected chi connectivity index (χ2v) is 7.50. The number of carbonyl (C=O) groups is 1. The molecular weight excluding hydrogens is 304 g/mol. The Kier molecular flexibility index (Phi) is 5.85. The average Bonchev–Trinajstić information content (AvgIpc) is 2.94. The topological polar surface area (TPSA) is 26.3 Å². The van der Waals surface area contributed by atoms with Crippen LogP contribution in [0, 0.1) is 17.3 Å². The van der Waals surface area contributed by atoms with E-state index in [0.717, 1.165) is 4.88 Å². The molecule has 0 N–H and O–H groups in total. The second kappa shape index (κ2) is 7.66. The summed E-state index contributed by atoms with van der Waals surface area (Å²) in [5.74, 6) is 5.91. The molecule has 122 valence electrons. The SMILES string of the molecule is CCOC(=O)c1ccc(C#C/C=C/C2=C(C)CCCC2(C)C)s1.